The van der Waals surface area contributed by atoms with Crippen molar-refractivity contribution < 1.29 is 52.8 Å². The molecule has 1 fully saturated rings. The van der Waals surface area contributed by atoms with Crippen molar-refractivity contribution in [3.05, 3.63) is 23.8 Å². The van der Waals surface area contributed by atoms with Gasteiger partial charge in [-0.3, -0.25) is 19.2 Å². The summed E-state index contributed by atoms with van der Waals surface area (Å²) in [6.45, 7) is 1.63. The first kappa shape index (κ1) is 26.7. The van der Waals surface area contributed by atoms with E-state index in [1.165, 1.54) is 18.2 Å². The molecular formula is C20H23N4O11S-. The minimum Gasteiger partial charge on any atom is -0.772 e. The average molecular weight is 527 g/mol. The van der Waals surface area contributed by atoms with Crippen molar-refractivity contribution in [1.29, 1.82) is 0 Å². The molecule has 1 saturated heterocycles. The molecule has 3 amide bonds. The van der Waals surface area contributed by atoms with Crippen LogP contribution in [0.15, 0.2) is 23.4 Å². The number of carbonyl (C=O) groups is 4. The lowest BCUT2D eigenvalue weighted by Gasteiger charge is -2.49. The fourth-order valence-corrected chi connectivity index (χ4v) is 4.31. The first-order chi connectivity index (χ1) is 16.9. The summed E-state index contributed by atoms with van der Waals surface area (Å²) >= 11 is -3.09. The zero-order valence-corrected chi connectivity index (χ0v) is 19.8. The number of ether oxygens (including phenoxy) is 1. The highest BCUT2D eigenvalue weighted by Gasteiger charge is 2.52. The van der Waals surface area contributed by atoms with E-state index in [-0.39, 0.29) is 24.1 Å². The number of phenols is 2. The molecule has 0 saturated carbocycles. The summed E-state index contributed by atoms with van der Waals surface area (Å²) < 4.78 is 26.5. The number of nitrogens with one attached hydrogen (secondary N) is 2. The van der Waals surface area contributed by atoms with Crippen LogP contribution in [-0.4, -0.2) is 88.1 Å². The number of nitrogens with zero attached hydrogens (tertiary/aromatic N) is 2. The Morgan fingerprint density at radius 1 is 1.33 bits per heavy atom. The highest BCUT2D eigenvalue weighted by molar-refractivity contribution is 7.80. The van der Waals surface area contributed by atoms with Crippen molar-refractivity contribution in [2.24, 2.45) is 5.16 Å². The van der Waals surface area contributed by atoms with Gasteiger partial charge in [0.25, 0.3) is 5.91 Å². The number of β-lactam (4-membered cyclic amide) rings is 1. The fourth-order valence-electron chi connectivity index (χ4n) is 3.76. The Labute approximate surface area is 206 Å². The van der Waals surface area contributed by atoms with Crippen LogP contribution in [0.4, 0.5) is 4.79 Å². The molecule has 2 aliphatic heterocycles. The van der Waals surface area contributed by atoms with E-state index in [2.05, 4.69) is 5.16 Å². The van der Waals surface area contributed by atoms with Crippen LogP contribution in [0.25, 0.3) is 0 Å². The van der Waals surface area contributed by atoms with Gasteiger partial charge in [-0.2, -0.15) is 0 Å². The number of oxime groups is 1. The molecule has 196 valence electrons. The quantitative estimate of drug-likeness (QED) is 0.120. The highest BCUT2D eigenvalue weighted by Crippen LogP contribution is 2.32. The average Bonchev–Trinajstić information content (AvgIpc) is 3.31. The van der Waals surface area contributed by atoms with Crippen LogP contribution in [0.3, 0.4) is 0 Å². The lowest BCUT2D eigenvalue weighted by molar-refractivity contribution is -0.163. The summed E-state index contributed by atoms with van der Waals surface area (Å²) in [4.78, 5) is 53.9. The van der Waals surface area contributed by atoms with Crippen molar-refractivity contribution >= 4 is 40.7 Å². The van der Waals surface area contributed by atoms with Crippen LogP contribution < -0.4 is 10.9 Å². The number of para-hydroxylation sites is 1. The molecular weight excluding hydrogens is 504 g/mol. The number of likely N-dealkylation sites (tertiary alicyclic amines) is 1. The third-order valence-electron chi connectivity index (χ3n) is 5.77. The molecule has 15 nitrogen and oxygen atoms in total. The molecule has 0 spiro atoms. The monoisotopic (exact) mass is 527 g/mol. The topological polar surface area (TPSA) is 227 Å². The number of carboxylic acids is 1. The van der Waals surface area contributed by atoms with Gasteiger partial charge in [0.15, 0.2) is 11.5 Å². The Morgan fingerprint density at radius 2 is 2.03 bits per heavy atom. The summed E-state index contributed by atoms with van der Waals surface area (Å²) in [5, 5.41) is 32.8. The fraction of sp³-hybridized carbons (Fsp3) is 0.450. The number of hydrogen-bond acceptors (Lipinski definition) is 11. The van der Waals surface area contributed by atoms with Gasteiger partial charge < -0.3 is 34.3 Å². The number of benzene rings is 1. The van der Waals surface area contributed by atoms with Crippen LogP contribution >= 0.6 is 0 Å². The smallest absolute Gasteiger partial charge is 0.426 e. The number of hydrazine groups is 1. The van der Waals surface area contributed by atoms with Crippen LogP contribution in [-0.2, 0) is 35.0 Å². The first-order valence-electron chi connectivity index (χ1n) is 10.5. The summed E-state index contributed by atoms with van der Waals surface area (Å²) in [6.07, 6.45) is -2.58. The predicted octanol–water partition coefficient (Wildman–Crippen LogP) is -0.940. The number of phenolic OH excluding ortho intramolecular Hbond substituents is 2. The highest BCUT2D eigenvalue weighted by atomic mass is 32.2. The number of aromatic hydroxyl groups is 2. The van der Waals surface area contributed by atoms with E-state index < -0.39 is 76.0 Å². The molecule has 5 N–H and O–H groups in total. The molecule has 2 unspecified atom stereocenters. The second kappa shape index (κ2) is 10.4. The van der Waals surface area contributed by atoms with Crippen molar-refractivity contribution in [2.45, 2.75) is 49.6 Å². The van der Waals surface area contributed by atoms with Crippen molar-refractivity contribution in [3.8, 4) is 11.5 Å². The number of hydrogen-bond donors (Lipinski definition) is 5. The van der Waals surface area contributed by atoms with E-state index in [1.807, 2.05) is 10.9 Å². The first-order valence-corrected chi connectivity index (χ1v) is 11.5. The van der Waals surface area contributed by atoms with Crippen LogP contribution in [0.5, 0.6) is 11.5 Å². The van der Waals surface area contributed by atoms with Gasteiger partial charge in [-0.1, -0.05) is 11.2 Å². The van der Waals surface area contributed by atoms with Gasteiger partial charge in [0.1, 0.15) is 12.6 Å². The molecule has 1 aromatic carbocycles. The normalized spacial score (nSPS) is 22.2. The molecule has 36 heavy (non-hydrogen) atoms. The second-order valence-electron chi connectivity index (χ2n) is 8.34. The van der Waals surface area contributed by atoms with Gasteiger partial charge >= 0.3 is 12.1 Å². The molecule has 16 heteroatoms. The van der Waals surface area contributed by atoms with Crippen molar-refractivity contribution in [1.82, 2.24) is 15.8 Å². The maximum atomic E-state index is 12.3. The second-order valence-corrected chi connectivity index (χ2v) is 9.74. The number of amides is 3. The molecule has 2 heterocycles. The SMILES string of the molecule is C[C@@H]1CC(=O)N1[C@@H](C(=O)O)[C@](C)(COC(=O)NNC(=O)C1CC(c2cccc(O)c2O)=NO1)S(=O)[O-]. The van der Waals surface area contributed by atoms with Crippen LogP contribution in [0.1, 0.15) is 32.3 Å². The van der Waals surface area contributed by atoms with Gasteiger partial charge in [0, 0.05) is 24.4 Å². The molecule has 0 aromatic heterocycles. The molecule has 0 aliphatic carbocycles. The number of carbonyl (C=O) groups excluding carboxylic acids is 3. The van der Waals surface area contributed by atoms with E-state index in [0.717, 1.165) is 11.8 Å². The zero-order chi connectivity index (χ0) is 26.8. The minimum atomic E-state index is -3.09. The molecule has 1 aromatic rings. The summed E-state index contributed by atoms with van der Waals surface area (Å²) in [5.74, 6) is -3.86. The van der Waals surface area contributed by atoms with Crippen LogP contribution in [0.2, 0.25) is 0 Å². The van der Waals surface area contributed by atoms with Crippen LogP contribution in [0, 0.1) is 0 Å². The lowest BCUT2D eigenvalue weighted by atomic mass is 9.92. The van der Waals surface area contributed by atoms with Crippen molar-refractivity contribution in [2.75, 3.05) is 6.61 Å². The lowest BCUT2D eigenvalue weighted by Crippen LogP contribution is -2.68. The minimum absolute atomic E-state index is 0.0540. The van der Waals surface area contributed by atoms with Gasteiger partial charge in [-0.15, -0.1) is 0 Å². The van der Waals surface area contributed by atoms with E-state index >= 15 is 0 Å². The molecule has 2 aliphatic rings. The maximum absolute atomic E-state index is 12.3. The standard InChI is InChI=1S/C20H24N4O11S/c1-9-6-14(26)24(9)16(18(29)30)20(2,36(32)33)8-34-19(31)22-21-17(28)13-7-11(23-35-13)10-4-3-5-12(25)15(10)27/h3-5,9,13,16,25,27H,6-8H2,1-2H3,(H,21,28)(H,22,31)(H,29,30)(H,32,33)/p-1/t9-,13?,16+,20+/m1/s1. The van der Waals surface area contributed by atoms with E-state index in [0.29, 0.717) is 0 Å². The number of carboxylic acid groups (broad SMARTS) is 1. The molecule has 3 rings (SSSR count). The molecule has 0 radical (unpaired) electrons. The van der Waals surface area contributed by atoms with E-state index in [9.17, 15) is 43.3 Å². The van der Waals surface area contributed by atoms with E-state index in [4.69, 9.17) is 9.57 Å². The van der Waals surface area contributed by atoms with Gasteiger partial charge in [0.05, 0.1) is 10.5 Å². The largest absolute Gasteiger partial charge is 0.772 e. The Hall–Kier alpha value is -3.92. The summed E-state index contributed by atoms with van der Waals surface area (Å²) in [5.41, 5.74) is 4.17. The predicted molar refractivity (Wildman–Crippen MR) is 118 cm³/mol. The van der Waals surface area contributed by atoms with E-state index in [1.54, 1.807) is 6.92 Å². The van der Waals surface area contributed by atoms with Gasteiger partial charge in [-0.25, -0.2) is 15.0 Å². The van der Waals surface area contributed by atoms with Gasteiger partial charge in [0.2, 0.25) is 12.0 Å². The summed E-state index contributed by atoms with van der Waals surface area (Å²) in [7, 11) is 0. The Kier molecular flexibility index (Phi) is 7.68. The molecule has 0 bridgehead atoms. The maximum Gasteiger partial charge on any atom is 0.426 e. The zero-order valence-electron chi connectivity index (χ0n) is 19.0. The Morgan fingerprint density at radius 3 is 2.61 bits per heavy atom. The van der Waals surface area contributed by atoms with Crippen molar-refractivity contribution in [3.63, 3.8) is 0 Å². The van der Waals surface area contributed by atoms with Gasteiger partial charge in [-0.05, 0) is 37.1 Å². The third-order valence-corrected chi connectivity index (χ3v) is 6.87. The Bertz CT molecular complexity index is 1140. The third kappa shape index (κ3) is 5.18. The molecule has 5 atom stereocenters. The number of aliphatic carboxylic acids is 1. The summed E-state index contributed by atoms with van der Waals surface area (Å²) in [6, 6.07) is 1.82. The Balaban J connectivity index is 1.55. The number of rotatable bonds is 8.